The molecule has 0 unspecified atom stereocenters. The monoisotopic (exact) mass is 339 g/mol. The van der Waals surface area contributed by atoms with Crippen molar-refractivity contribution >= 4 is 15.9 Å². The highest BCUT2D eigenvalue weighted by Gasteiger charge is 2.34. The highest BCUT2D eigenvalue weighted by atomic mass is 79.9. The SMILES string of the molecule is CC1CCC(CO)(CN(C)Cc2ccc(Br)cc2)CC1. The quantitative estimate of drug-likeness (QED) is 0.873. The van der Waals surface area contributed by atoms with E-state index in [0.29, 0.717) is 6.61 Å². The van der Waals surface area contributed by atoms with Gasteiger partial charge in [-0.2, -0.15) is 0 Å². The first-order valence-corrected chi connectivity index (χ1v) is 8.36. The van der Waals surface area contributed by atoms with Crippen LogP contribution in [-0.2, 0) is 6.54 Å². The molecule has 0 bridgehead atoms. The maximum Gasteiger partial charge on any atom is 0.0499 e. The third kappa shape index (κ3) is 4.31. The van der Waals surface area contributed by atoms with E-state index in [-0.39, 0.29) is 5.41 Å². The Labute approximate surface area is 131 Å². The maximum absolute atomic E-state index is 9.85. The summed E-state index contributed by atoms with van der Waals surface area (Å²) in [6.07, 6.45) is 4.84. The lowest BCUT2D eigenvalue weighted by molar-refractivity contribution is 0.0346. The zero-order valence-electron chi connectivity index (χ0n) is 12.6. The Morgan fingerprint density at radius 1 is 1.25 bits per heavy atom. The van der Waals surface area contributed by atoms with Crippen molar-refractivity contribution in [2.45, 2.75) is 39.2 Å². The molecule has 1 fully saturated rings. The van der Waals surface area contributed by atoms with E-state index in [0.717, 1.165) is 36.3 Å². The second-order valence-corrected chi connectivity index (χ2v) is 7.56. The Morgan fingerprint density at radius 3 is 2.40 bits per heavy atom. The van der Waals surface area contributed by atoms with Crippen LogP contribution in [0.15, 0.2) is 28.7 Å². The molecule has 1 aliphatic rings. The smallest absolute Gasteiger partial charge is 0.0499 e. The van der Waals surface area contributed by atoms with Crippen LogP contribution in [0, 0.1) is 11.3 Å². The normalized spacial score (nSPS) is 26.9. The van der Waals surface area contributed by atoms with Crippen LogP contribution in [0.5, 0.6) is 0 Å². The molecule has 1 aliphatic carbocycles. The first-order chi connectivity index (χ1) is 9.53. The summed E-state index contributed by atoms with van der Waals surface area (Å²) in [5.41, 5.74) is 1.45. The first kappa shape index (κ1) is 16.0. The van der Waals surface area contributed by atoms with Crippen LogP contribution in [0.1, 0.15) is 38.2 Å². The topological polar surface area (TPSA) is 23.5 Å². The van der Waals surface area contributed by atoms with Gasteiger partial charge in [0.15, 0.2) is 0 Å². The predicted octanol–water partition coefficient (Wildman–Crippen LogP) is 4.07. The fourth-order valence-corrected chi connectivity index (χ4v) is 3.54. The minimum Gasteiger partial charge on any atom is -0.396 e. The summed E-state index contributed by atoms with van der Waals surface area (Å²) in [5.74, 6) is 0.825. The van der Waals surface area contributed by atoms with Gasteiger partial charge in [-0.25, -0.2) is 0 Å². The number of halogens is 1. The van der Waals surface area contributed by atoms with Crippen molar-refractivity contribution in [1.82, 2.24) is 4.90 Å². The highest BCUT2D eigenvalue weighted by Crippen LogP contribution is 2.39. The largest absolute Gasteiger partial charge is 0.396 e. The molecule has 0 aromatic heterocycles. The van der Waals surface area contributed by atoms with Gasteiger partial charge in [-0.3, -0.25) is 0 Å². The van der Waals surface area contributed by atoms with E-state index < -0.39 is 0 Å². The van der Waals surface area contributed by atoms with Crippen molar-refractivity contribution in [2.75, 3.05) is 20.2 Å². The van der Waals surface area contributed by atoms with E-state index in [1.165, 1.54) is 18.4 Å². The van der Waals surface area contributed by atoms with Crippen molar-refractivity contribution in [3.63, 3.8) is 0 Å². The molecule has 20 heavy (non-hydrogen) atoms. The molecule has 2 nitrogen and oxygen atoms in total. The fraction of sp³-hybridized carbons (Fsp3) is 0.647. The summed E-state index contributed by atoms with van der Waals surface area (Å²) in [7, 11) is 2.16. The number of rotatable bonds is 5. The van der Waals surface area contributed by atoms with Crippen molar-refractivity contribution < 1.29 is 5.11 Å². The van der Waals surface area contributed by atoms with Gasteiger partial charge in [-0.15, -0.1) is 0 Å². The minimum atomic E-state index is 0.122. The van der Waals surface area contributed by atoms with Crippen molar-refractivity contribution in [1.29, 1.82) is 0 Å². The van der Waals surface area contributed by atoms with Gasteiger partial charge < -0.3 is 10.0 Å². The molecule has 0 atom stereocenters. The maximum atomic E-state index is 9.85. The van der Waals surface area contributed by atoms with Gasteiger partial charge in [0.2, 0.25) is 0 Å². The Balaban J connectivity index is 1.92. The first-order valence-electron chi connectivity index (χ1n) is 7.57. The lowest BCUT2D eigenvalue weighted by atomic mass is 9.71. The predicted molar refractivity (Wildman–Crippen MR) is 87.6 cm³/mol. The summed E-state index contributed by atoms with van der Waals surface area (Å²) >= 11 is 3.47. The molecule has 1 aromatic rings. The van der Waals surface area contributed by atoms with Gasteiger partial charge in [0.25, 0.3) is 0 Å². The van der Waals surface area contributed by atoms with E-state index in [1.807, 2.05) is 0 Å². The second-order valence-electron chi connectivity index (χ2n) is 6.64. The standard InChI is InChI=1S/C17H26BrNO/c1-14-7-9-17(13-20,10-8-14)12-19(2)11-15-3-5-16(18)6-4-15/h3-6,14,20H,7-13H2,1-2H3. The zero-order valence-corrected chi connectivity index (χ0v) is 14.2. The van der Waals surface area contributed by atoms with Crippen LogP contribution < -0.4 is 0 Å². The molecule has 0 aliphatic heterocycles. The van der Waals surface area contributed by atoms with E-state index in [4.69, 9.17) is 0 Å². The molecule has 0 saturated heterocycles. The summed E-state index contributed by atoms with van der Waals surface area (Å²) in [6, 6.07) is 8.50. The van der Waals surface area contributed by atoms with E-state index in [9.17, 15) is 5.11 Å². The Bertz CT molecular complexity index is 410. The molecule has 0 heterocycles. The molecular weight excluding hydrogens is 314 g/mol. The lowest BCUT2D eigenvalue weighted by Gasteiger charge is -2.40. The molecule has 1 saturated carbocycles. The third-order valence-corrected chi connectivity index (χ3v) is 5.17. The molecule has 1 aromatic carbocycles. The molecule has 0 amide bonds. The Hall–Kier alpha value is -0.380. The van der Waals surface area contributed by atoms with Crippen molar-refractivity contribution in [3.05, 3.63) is 34.3 Å². The van der Waals surface area contributed by atoms with Crippen LogP contribution in [-0.4, -0.2) is 30.2 Å². The van der Waals surface area contributed by atoms with Gasteiger partial charge in [0.1, 0.15) is 0 Å². The van der Waals surface area contributed by atoms with Gasteiger partial charge in [0.05, 0.1) is 0 Å². The summed E-state index contributed by atoms with van der Waals surface area (Å²) in [5, 5.41) is 9.85. The fourth-order valence-electron chi connectivity index (χ4n) is 3.27. The van der Waals surface area contributed by atoms with Crippen LogP contribution in [0.25, 0.3) is 0 Å². The van der Waals surface area contributed by atoms with Crippen LogP contribution >= 0.6 is 15.9 Å². The van der Waals surface area contributed by atoms with Crippen molar-refractivity contribution in [3.8, 4) is 0 Å². The average Bonchev–Trinajstić information content (AvgIpc) is 2.44. The molecule has 3 heteroatoms. The van der Waals surface area contributed by atoms with Gasteiger partial charge in [-0.1, -0.05) is 47.8 Å². The van der Waals surface area contributed by atoms with Gasteiger partial charge >= 0.3 is 0 Å². The minimum absolute atomic E-state index is 0.122. The lowest BCUT2D eigenvalue weighted by Crippen LogP contribution is -2.40. The van der Waals surface area contributed by atoms with Crippen LogP contribution in [0.2, 0.25) is 0 Å². The molecular formula is C17H26BrNO. The Morgan fingerprint density at radius 2 is 1.85 bits per heavy atom. The summed E-state index contributed by atoms with van der Waals surface area (Å²) in [6.45, 7) is 4.59. The third-order valence-electron chi connectivity index (χ3n) is 4.64. The van der Waals surface area contributed by atoms with Gasteiger partial charge in [0, 0.05) is 29.6 Å². The molecule has 2 rings (SSSR count). The summed E-state index contributed by atoms with van der Waals surface area (Å²) in [4.78, 5) is 2.36. The number of hydrogen-bond acceptors (Lipinski definition) is 2. The van der Waals surface area contributed by atoms with E-state index >= 15 is 0 Å². The molecule has 1 N–H and O–H groups in total. The Kier molecular flexibility index (Phi) is 5.65. The number of nitrogens with zero attached hydrogens (tertiary/aromatic N) is 1. The van der Waals surface area contributed by atoms with E-state index in [2.05, 4.69) is 59.1 Å². The molecule has 0 radical (unpaired) electrons. The summed E-state index contributed by atoms with van der Waals surface area (Å²) < 4.78 is 1.12. The van der Waals surface area contributed by atoms with Crippen LogP contribution in [0.4, 0.5) is 0 Å². The van der Waals surface area contributed by atoms with Crippen LogP contribution in [0.3, 0.4) is 0 Å². The van der Waals surface area contributed by atoms with Crippen molar-refractivity contribution in [2.24, 2.45) is 11.3 Å². The number of benzene rings is 1. The molecule has 0 spiro atoms. The zero-order chi connectivity index (χ0) is 14.6. The average molecular weight is 340 g/mol. The highest BCUT2D eigenvalue weighted by molar-refractivity contribution is 9.10. The van der Waals surface area contributed by atoms with E-state index in [1.54, 1.807) is 0 Å². The second kappa shape index (κ2) is 7.06. The van der Waals surface area contributed by atoms with Gasteiger partial charge in [-0.05, 0) is 43.5 Å². The molecule has 112 valence electrons. The number of aliphatic hydroxyl groups is 1. The number of aliphatic hydroxyl groups excluding tert-OH is 1. The number of hydrogen-bond donors (Lipinski definition) is 1.